The summed E-state index contributed by atoms with van der Waals surface area (Å²) in [6.07, 6.45) is 1.88. The average molecular weight is 390 g/mol. The van der Waals surface area contributed by atoms with Crippen molar-refractivity contribution in [2.45, 2.75) is 39.8 Å². The van der Waals surface area contributed by atoms with E-state index in [0.29, 0.717) is 12.5 Å². The third-order valence-electron chi connectivity index (χ3n) is 4.33. The fraction of sp³-hybridized carbons (Fsp3) is 0.650. The number of pyridine rings is 1. The number of anilines is 1. The standard InChI is InChI=1S/C20H35N7O/c1-6-21-19(24-15-18(28)25-20(2,3)4)23-14-16-7-8-17(22-13-16)27-11-9-26(5)10-12-27/h7-8,13H,6,9-12,14-15H2,1-5H3,(H,25,28)(H2,21,23,24). The SMILES string of the molecule is CCNC(=NCc1ccc(N2CCN(C)CC2)nc1)NCC(=O)NC(C)(C)C. The van der Waals surface area contributed by atoms with Gasteiger partial charge >= 0.3 is 0 Å². The summed E-state index contributed by atoms with van der Waals surface area (Å²) in [4.78, 5) is 25.8. The molecule has 0 saturated carbocycles. The molecule has 0 unspecified atom stereocenters. The van der Waals surface area contributed by atoms with Crippen LogP contribution in [0.2, 0.25) is 0 Å². The predicted octanol–water partition coefficient (Wildman–Crippen LogP) is 0.803. The van der Waals surface area contributed by atoms with Crippen molar-refractivity contribution in [3.05, 3.63) is 23.9 Å². The summed E-state index contributed by atoms with van der Waals surface area (Å²) >= 11 is 0. The van der Waals surface area contributed by atoms with Gasteiger partial charge in [-0.25, -0.2) is 9.98 Å². The van der Waals surface area contributed by atoms with E-state index in [-0.39, 0.29) is 18.0 Å². The van der Waals surface area contributed by atoms with Crippen LogP contribution in [0.1, 0.15) is 33.3 Å². The monoisotopic (exact) mass is 389 g/mol. The summed E-state index contributed by atoms with van der Waals surface area (Å²) < 4.78 is 0. The van der Waals surface area contributed by atoms with Crippen molar-refractivity contribution in [3.63, 3.8) is 0 Å². The summed E-state index contributed by atoms with van der Waals surface area (Å²) in [5.74, 6) is 1.58. The molecule has 1 saturated heterocycles. The third kappa shape index (κ3) is 7.72. The van der Waals surface area contributed by atoms with Gasteiger partial charge in [-0.2, -0.15) is 0 Å². The molecule has 0 bridgehead atoms. The van der Waals surface area contributed by atoms with E-state index in [4.69, 9.17) is 0 Å². The van der Waals surface area contributed by atoms with Gasteiger partial charge in [0.05, 0.1) is 13.1 Å². The molecule has 0 aliphatic carbocycles. The largest absolute Gasteiger partial charge is 0.357 e. The van der Waals surface area contributed by atoms with Crippen LogP contribution in [-0.2, 0) is 11.3 Å². The van der Waals surface area contributed by atoms with Crippen LogP contribution in [0.15, 0.2) is 23.3 Å². The van der Waals surface area contributed by atoms with Gasteiger partial charge in [0.25, 0.3) is 0 Å². The first-order valence-corrected chi connectivity index (χ1v) is 9.98. The van der Waals surface area contributed by atoms with Crippen molar-refractivity contribution in [1.29, 1.82) is 0 Å². The fourth-order valence-electron chi connectivity index (χ4n) is 2.87. The number of piperazine rings is 1. The lowest BCUT2D eigenvalue weighted by Gasteiger charge is -2.33. The van der Waals surface area contributed by atoms with Gasteiger partial charge in [-0.05, 0) is 46.4 Å². The Morgan fingerprint density at radius 3 is 2.46 bits per heavy atom. The zero-order valence-electron chi connectivity index (χ0n) is 17.9. The molecular weight excluding hydrogens is 354 g/mol. The Morgan fingerprint density at radius 2 is 1.89 bits per heavy atom. The van der Waals surface area contributed by atoms with Gasteiger partial charge in [0.1, 0.15) is 5.82 Å². The van der Waals surface area contributed by atoms with E-state index in [2.05, 4.69) is 54.9 Å². The van der Waals surface area contributed by atoms with E-state index in [0.717, 1.165) is 44.1 Å². The number of nitrogens with one attached hydrogen (secondary N) is 3. The summed E-state index contributed by atoms with van der Waals surface area (Å²) in [6, 6.07) is 4.13. The Morgan fingerprint density at radius 1 is 1.18 bits per heavy atom. The zero-order valence-corrected chi connectivity index (χ0v) is 17.9. The highest BCUT2D eigenvalue weighted by Crippen LogP contribution is 2.14. The Hall–Kier alpha value is -2.35. The third-order valence-corrected chi connectivity index (χ3v) is 4.33. The molecule has 8 heteroatoms. The molecule has 28 heavy (non-hydrogen) atoms. The Kier molecular flexibility index (Phi) is 8.04. The predicted molar refractivity (Wildman–Crippen MR) is 115 cm³/mol. The second-order valence-corrected chi connectivity index (χ2v) is 8.16. The van der Waals surface area contributed by atoms with Crippen LogP contribution >= 0.6 is 0 Å². The summed E-state index contributed by atoms with van der Waals surface area (Å²) in [6.45, 7) is 13.4. The number of amides is 1. The van der Waals surface area contributed by atoms with Crippen LogP contribution in [-0.4, -0.2) is 73.6 Å². The summed E-state index contributed by atoms with van der Waals surface area (Å²) in [5.41, 5.74) is 0.792. The molecule has 1 aromatic heterocycles. The topological polar surface area (TPSA) is 84.9 Å². The second kappa shape index (κ2) is 10.3. The highest BCUT2D eigenvalue weighted by molar-refractivity contribution is 5.86. The van der Waals surface area contributed by atoms with E-state index in [1.807, 2.05) is 33.9 Å². The van der Waals surface area contributed by atoms with Crippen molar-refractivity contribution < 1.29 is 4.79 Å². The first kappa shape index (κ1) is 21.9. The normalized spacial score (nSPS) is 16.0. The Bertz CT molecular complexity index is 644. The molecule has 8 nitrogen and oxygen atoms in total. The number of aliphatic imine (C=N–C) groups is 1. The summed E-state index contributed by atoms with van der Waals surface area (Å²) in [7, 11) is 2.15. The molecule has 0 atom stereocenters. The van der Waals surface area contributed by atoms with Gasteiger partial charge in [-0.15, -0.1) is 0 Å². The molecule has 3 N–H and O–H groups in total. The van der Waals surface area contributed by atoms with Crippen LogP contribution in [0.3, 0.4) is 0 Å². The van der Waals surface area contributed by atoms with Gasteiger partial charge in [0.15, 0.2) is 5.96 Å². The van der Waals surface area contributed by atoms with Gasteiger partial charge in [0, 0.05) is 44.5 Å². The van der Waals surface area contributed by atoms with Crippen LogP contribution in [0, 0.1) is 0 Å². The maximum atomic E-state index is 12.0. The molecular formula is C20H35N7O. The molecule has 1 aliphatic heterocycles. The maximum absolute atomic E-state index is 12.0. The lowest BCUT2D eigenvalue weighted by atomic mass is 10.1. The fourth-order valence-corrected chi connectivity index (χ4v) is 2.87. The van der Waals surface area contributed by atoms with Crippen LogP contribution < -0.4 is 20.9 Å². The first-order valence-electron chi connectivity index (χ1n) is 9.98. The minimum absolute atomic E-state index is 0.0590. The molecule has 156 valence electrons. The molecule has 1 fully saturated rings. The minimum atomic E-state index is -0.245. The van der Waals surface area contributed by atoms with E-state index < -0.39 is 0 Å². The van der Waals surface area contributed by atoms with Crippen LogP contribution in [0.25, 0.3) is 0 Å². The average Bonchev–Trinajstić information content (AvgIpc) is 2.64. The summed E-state index contributed by atoms with van der Waals surface area (Å²) in [5, 5.41) is 9.17. The van der Waals surface area contributed by atoms with E-state index in [9.17, 15) is 4.79 Å². The number of aromatic nitrogens is 1. The van der Waals surface area contributed by atoms with Crippen molar-refractivity contribution in [1.82, 2.24) is 25.8 Å². The quantitative estimate of drug-likeness (QED) is 0.493. The molecule has 1 aliphatic rings. The molecule has 1 amide bonds. The lowest BCUT2D eigenvalue weighted by molar-refractivity contribution is -0.121. The van der Waals surface area contributed by atoms with Crippen molar-refractivity contribution in [3.8, 4) is 0 Å². The van der Waals surface area contributed by atoms with Gasteiger partial charge < -0.3 is 25.8 Å². The van der Waals surface area contributed by atoms with Gasteiger partial charge in [-0.3, -0.25) is 4.79 Å². The second-order valence-electron chi connectivity index (χ2n) is 8.16. The number of carbonyl (C=O) groups excluding carboxylic acids is 1. The molecule has 2 rings (SSSR count). The number of rotatable bonds is 6. The number of nitrogens with zero attached hydrogens (tertiary/aromatic N) is 4. The van der Waals surface area contributed by atoms with E-state index in [1.165, 1.54) is 0 Å². The molecule has 0 spiro atoms. The maximum Gasteiger partial charge on any atom is 0.239 e. The first-order chi connectivity index (χ1) is 13.3. The molecule has 1 aromatic rings. The zero-order chi connectivity index (χ0) is 20.6. The highest BCUT2D eigenvalue weighted by atomic mass is 16.2. The van der Waals surface area contributed by atoms with Crippen molar-refractivity contribution in [2.24, 2.45) is 4.99 Å². The number of hydrogen-bond acceptors (Lipinski definition) is 5. The smallest absolute Gasteiger partial charge is 0.239 e. The van der Waals surface area contributed by atoms with Crippen molar-refractivity contribution >= 4 is 17.7 Å². The molecule has 2 heterocycles. The number of carbonyl (C=O) groups is 1. The Labute approximate surface area is 168 Å². The Balaban J connectivity index is 1.88. The van der Waals surface area contributed by atoms with Crippen molar-refractivity contribution in [2.75, 3.05) is 51.2 Å². The molecule has 0 radical (unpaired) electrons. The highest BCUT2D eigenvalue weighted by Gasteiger charge is 2.15. The van der Waals surface area contributed by atoms with E-state index in [1.54, 1.807) is 0 Å². The van der Waals surface area contributed by atoms with Crippen LogP contribution in [0.5, 0.6) is 0 Å². The van der Waals surface area contributed by atoms with Crippen LogP contribution in [0.4, 0.5) is 5.82 Å². The number of hydrogen-bond donors (Lipinski definition) is 3. The minimum Gasteiger partial charge on any atom is -0.357 e. The molecule has 0 aromatic carbocycles. The number of likely N-dealkylation sites (N-methyl/N-ethyl adjacent to an activating group) is 1. The van der Waals surface area contributed by atoms with Gasteiger partial charge in [-0.1, -0.05) is 6.07 Å². The van der Waals surface area contributed by atoms with Gasteiger partial charge in [0.2, 0.25) is 5.91 Å². The lowest BCUT2D eigenvalue weighted by Crippen LogP contribution is -2.48. The van der Waals surface area contributed by atoms with E-state index >= 15 is 0 Å². The number of guanidine groups is 1.